The Morgan fingerprint density at radius 1 is 1.27 bits per heavy atom. The summed E-state index contributed by atoms with van der Waals surface area (Å²) in [5.74, 6) is 0.490. The molecule has 1 aliphatic heterocycles. The second-order valence-electron chi connectivity index (χ2n) is 5.12. The molecule has 1 aromatic rings. The van der Waals surface area contributed by atoms with Gasteiger partial charge in [-0.1, -0.05) is 24.3 Å². The highest BCUT2D eigenvalue weighted by molar-refractivity contribution is 6.07. The second-order valence-corrected chi connectivity index (χ2v) is 5.12. The molecule has 26 heavy (non-hydrogen) atoms. The van der Waals surface area contributed by atoms with Crippen LogP contribution < -0.4 is 5.43 Å². The van der Waals surface area contributed by atoms with E-state index in [-0.39, 0.29) is 17.4 Å². The van der Waals surface area contributed by atoms with Gasteiger partial charge in [-0.15, -0.1) is 5.10 Å². The Balaban J connectivity index is 2.37. The molecule has 0 bridgehead atoms. The van der Waals surface area contributed by atoms with Crippen LogP contribution in [0.3, 0.4) is 0 Å². The summed E-state index contributed by atoms with van der Waals surface area (Å²) in [5, 5.41) is 12.2. The van der Waals surface area contributed by atoms with Gasteiger partial charge in [-0.25, -0.2) is 15.4 Å². The average Bonchev–Trinajstić information content (AvgIpc) is 3.16. The molecule has 1 aliphatic rings. The third-order valence-corrected chi connectivity index (χ3v) is 3.44. The van der Waals surface area contributed by atoms with E-state index in [1.807, 2.05) is 50.3 Å². The lowest BCUT2D eigenvalue weighted by atomic mass is 10.1. The zero-order valence-corrected chi connectivity index (χ0v) is 14.7. The third kappa shape index (κ3) is 4.47. The van der Waals surface area contributed by atoms with Gasteiger partial charge in [0.05, 0.1) is 0 Å². The van der Waals surface area contributed by atoms with Crippen molar-refractivity contribution in [1.82, 2.24) is 5.43 Å². The van der Waals surface area contributed by atoms with Crippen LogP contribution in [0.4, 0.5) is 0 Å². The van der Waals surface area contributed by atoms with E-state index in [4.69, 9.17) is 10.1 Å². The van der Waals surface area contributed by atoms with Crippen molar-refractivity contribution in [3.05, 3.63) is 71.4 Å². The second kappa shape index (κ2) is 9.03. The first-order chi connectivity index (χ1) is 12.6. The molecule has 1 heterocycles. The number of nitrogens with zero attached hydrogens (tertiary/aromatic N) is 4. The Morgan fingerprint density at radius 3 is 2.62 bits per heavy atom. The average molecular weight is 348 g/mol. The lowest BCUT2D eigenvalue weighted by Crippen LogP contribution is -2.11. The Bertz CT molecular complexity index is 859. The van der Waals surface area contributed by atoms with Crippen LogP contribution in [0.25, 0.3) is 0 Å². The maximum absolute atomic E-state index is 8.03. The minimum atomic E-state index is -0.127. The number of hydrogen-bond acceptors (Lipinski definition) is 6. The van der Waals surface area contributed by atoms with Crippen LogP contribution in [0.15, 0.2) is 85.9 Å². The molecule has 7 nitrogen and oxygen atoms in total. The molecule has 7 heteroatoms. The molecule has 0 saturated heterocycles. The van der Waals surface area contributed by atoms with Crippen LogP contribution in [0.1, 0.15) is 19.4 Å². The summed E-state index contributed by atoms with van der Waals surface area (Å²) in [7, 11) is 0. The van der Waals surface area contributed by atoms with Gasteiger partial charge in [-0.05, 0) is 51.1 Å². The fourth-order valence-electron chi connectivity index (χ4n) is 2.13. The number of hydrazone groups is 1. The van der Waals surface area contributed by atoms with Crippen LogP contribution in [-0.2, 0) is 4.74 Å². The molecule has 0 aliphatic carbocycles. The number of rotatable bonds is 6. The molecule has 0 unspecified atom stereocenters. The third-order valence-electron chi connectivity index (χ3n) is 3.44. The first-order valence-electron chi connectivity index (χ1n) is 7.82. The number of allylic oxidation sites excluding steroid dienone is 3. The predicted molar refractivity (Wildman–Crippen MR) is 107 cm³/mol. The van der Waals surface area contributed by atoms with E-state index in [9.17, 15) is 0 Å². The number of amidine groups is 1. The van der Waals surface area contributed by atoms with Crippen LogP contribution in [0.5, 0.6) is 0 Å². The van der Waals surface area contributed by atoms with Crippen molar-refractivity contribution in [2.75, 3.05) is 0 Å². The summed E-state index contributed by atoms with van der Waals surface area (Å²) in [6, 6.07) is 9.43. The number of nitrogens with one attached hydrogen (secondary N) is 2. The molecule has 2 N–H and O–H groups in total. The minimum absolute atomic E-state index is 0.127. The first-order valence-corrected chi connectivity index (χ1v) is 7.82. The predicted octanol–water partition coefficient (Wildman–Crippen LogP) is 3.44. The van der Waals surface area contributed by atoms with Crippen molar-refractivity contribution in [2.45, 2.75) is 13.8 Å². The highest BCUT2D eigenvalue weighted by Gasteiger charge is 2.22. The maximum atomic E-state index is 8.03. The zero-order valence-electron chi connectivity index (χ0n) is 14.7. The molecule has 2 rings (SSSR count). The minimum Gasteiger partial charge on any atom is -0.417 e. The summed E-state index contributed by atoms with van der Waals surface area (Å²) < 4.78 is 5.74. The molecule has 0 saturated carbocycles. The normalized spacial score (nSPS) is 16.6. The van der Waals surface area contributed by atoms with Crippen molar-refractivity contribution >= 4 is 30.9 Å². The molecule has 0 spiro atoms. The summed E-state index contributed by atoms with van der Waals surface area (Å²) in [5.41, 5.74) is 5.26. The molecule has 0 radical (unpaired) electrons. The van der Waals surface area contributed by atoms with E-state index >= 15 is 0 Å². The van der Waals surface area contributed by atoms with E-state index in [1.165, 1.54) is 0 Å². The van der Waals surface area contributed by atoms with Gasteiger partial charge >= 0.3 is 0 Å². The van der Waals surface area contributed by atoms with Crippen LogP contribution in [0, 0.1) is 5.41 Å². The smallest absolute Gasteiger partial charge is 0.245 e. The highest BCUT2D eigenvalue weighted by Crippen LogP contribution is 2.18. The lowest BCUT2D eigenvalue weighted by molar-refractivity contribution is 0.412. The first kappa shape index (κ1) is 18.7. The van der Waals surface area contributed by atoms with Gasteiger partial charge < -0.3 is 4.74 Å². The molecule has 0 fully saturated rings. The van der Waals surface area contributed by atoms with Crippen molar-refractivity contribution in [1.29, 1.82) is 5.41 Å². The van der Waals surface area contributed by atoms with Crippen LogP contribution >= 0.6 is 0 Å². The van der Waals surface area contributed by atoms with Crippen LogP contribution in [-0.4, -0.2) is 30.9 Å². The maximum Gasteiger partial charge on any atom is 0.245 e. The van der Waals surface area contributed by atoms with Gasteiger partial charge in [0.15, 0.2) is 11.5 Å². The van der Waals surface area contributed by atoms with Gasteiger partial charge in [-0.2, -0.15) is 0 Å². The number of benzene rings is 1. The number of aliphatic imine (C=N–C) groups is 3. The number of ether oxygens (including phenoxy) is 1. The van der Waals surface area contributed by atoms with Gasteiger partial charge in [0.25, 0.3) is 0 Å². The molecule has 0 atom stereocenters. The fraction of sp³-hybridized carbons (Fsp3) is 0.105. The summed E-state index contributed by atoms with van der Waals surface area (Å²) >= 11 is 0. The van der Waals surface area contributed by atoms with Gasteiger partial charge in [0, 0.05) is 17.5 Å². The molecule has 0 amide bonds. The fourth-order valence-corrected chi connectivity index (χ4v) is 2.13. The van der Waals surface area contributed by atoms with E-state index in [1.54, 1.807) is 12.3 Å². The molecular weight excluding hydrogens is 328 g/mol. The summed E-state index contributed by atoms with van der Waals surface area (Å²) in [4.78, 5) is 11.8. The van der Waals surface area contributed by atoms with E-state index in [2.05, 4.69) is 38.9 Å². The Morgan fingerprint density at radius 2 is 2.00 bits per heavy atom. The quantitative estimate of drug-likeness (QED) is 0.468. The monoisotopic (exact) mass is 348 g/mol. The van der Waals surface area contributed by atoms with Crippen LogP contribution in [0.2, 0.25) is 0 Å². The van der Waals surface area contributed by atoms with Gasteiger partial charge in [0.1, 0.15) is 0 Å². The standard InChI is InChI=1S/C19H20N6O/c1-5-14(11-12-21-3)13(2)23-16(17(20)22-4)19-25-24-18(26-19)15-9-7-6-8-10-15/h5-12,20,25H,3-4H2,1-2H3/b12-11-,14-5+,19-16?,20-17?,23-13?. The molecule has 1 aromatic carbocycles. The molecule has 0 aromatic heterocycles. The Kier molecular flexibility index (Phi) is 6.50. The van der Waals surface area contributed by atoms with Crippen molar-refractivity contribution in [3.8, 4) is 0 Å². The lowest BCUT2D eigenvalue weighted by Gasteiger charge is -2.07. The Labute approximate surface area is 152 Å². The van der Waals surface area contributed by atoms with Crippen molar-refractivity contribution < 1.29 is 4.74 Å². The Hall–Kier alpha value is -3.61. The van der Waals surface area contributed by atoms with Crippen molar-refractivity contribution in [2.24, 2.45) is 20.1 Å². The van der Waals surface area contributed by atoms with E-state index < -0.39 is 0 Å². The van der Waals surface area contributed by atoms with E-state index in [0.717, 1.165) is 11.1 Å². The summed E-state index contributed by atoms with van der Waals surface area (Å²) in [6.07, 6.45) is 5.22. The largest absolute Gasteiger partial charge is 0.417 e. The molecule has 132 valence electrons. The molecular formula is C19H20N6O. The number of hydrogen-bond donors (Lipinski definition) is 2. The van der Waals surface area contributed by atoms with E-state index in [0.29, 0.717) is 11.6 Å². The highest BCUT2D eigenvalue weighted by atomic mass is 16.5. The van der Waals surface area contributed by atoms with Gasteiger partial charge in [0.2, 0.25) is 11.8 Å². The zero-order chi connectivity index (χ0) is 18.9. The topological polar surface area (TPSA) is 94.5 Å². The SMILES string of the molecule is C=N/C=C\C(=C/C)C(C)=NC(C(=N)N=C)=C1NN=C(c2ccccc2)O1. The summed E-state index contributed by atoms with van der Waals surface area (Å²) in [6.45, 7) is 10.5. The van der Waals surface area contributed by atoms with Crippen molar-refractivity contribution in [3.63, 3.8) is 0 Å². The van der Waals surface area contributed by atoms with Gasteiger partial charge in [-0.3, -0.25) is 10.4 Å².